The molecule has 0 radical (unpaired) electrons. The van der Waals surface area contributed by atoms with E-state index in [4.69, 9.17) is 23.2 Å². The van der Waals surface area contributed by atoms with Crippen LogP contribution in [0.15, 0.2) is 30.3 Å². The van der Waals surface area contributed by atoms with Crippen LogP contribution in [-0.2, 0) is 0 Å². The third-order valence-electron chi connectivity index (χ3n) is 2.36. The van der Waals surface area contributed by atoms with Crippen LogP contribution in [0.1, 0.15) is 18.5 Å². The van der Waals surface area contributed by atoms with Gasteiger partial charge in [0.05, 0.1) is 14.7 Å². The number of thiophene rings is 1. The molecule has 1 aromatic heterocycles. The summed E-state index contributed by atoms with van der Waals surface area (Å²) >= 11 is 13.3. The summed E-state index contributed by atoms with van der Waals surface area (Å²) in [7, 11) is 0. The summed E-state index contributed by atoms with van der Waals surface area (Å²) in [6.07, 6.45) is 0. The largest absolute Gasteiger partial charge is 0.378 e. The molecule has 0 aliphatic carbocycles. The van der Waals surface area contributed by atoms with Crippen LogP contribution in [0.3, 0.4) is 0 Å². The molecule has 2 rings (SSSR count). The van der Waals surface area contributed by atoms with Gasteiger partial charge in [-0.15, -0.1) is 11.3 Å². The van der Waals surface area contributed by atoms with E-state index in [0.29, 0.717) is 8.67 Å². The summed E-state index contributed by atoms with van der Waals surface area (Å²) in [4.78, 5) is 0. The van der Waals surface area contributed by atoms with Gasteiger partial charge >= 0.3 is 0 Å². The van der Waals surface area contributed by atoms with Crippen molar-refractivity contribution in [3.8, 4) is 0 Å². The third-order valence-corrected chi connectivity index (χ3v) is 3.88. The number of benzene rings is 1. The topological polar surface area (TPSA) is 12.0 Å². The van der Waals surface area contributed by atoms with Gasteiger partial charge in [0.2, 0.25) is 0 Å². The van der Waals surface area contributed by atoms with Crippen molar-refractivity contribution in [3.05, 3.63) is 50.4 Å². The lowest BCUT2D eigenvalue weighted by molar-refractivity contribution is 0.628. The molecule has 1 nitrogen and oxygen atoms in total. The number of nitrogens with one attached hydrogen (secondary N) is 1. The predicted octanol–water partition coefficient (Wildman–Crippen LogP) is 5.37. The van der Waals surface area contributed by atoms with Crippen LogP contribution in [0, 0.1) is 5.82 Å². The quantitative estimate of drug-likeness (QED) is 0.801. The number of rotatable bonds is 3. The Morgan fingerprint density at radius 2 is 2.06 bits per heavy atom. The maximum absolute atomic E-state index is 13.0. The van der Waals surface area contributed by atoms with E-state index in [0.717, 1.165) is 11.3 Å². The first-order chi connectivity index (χ1) is 8.06. The van der Waals surface area contributed by atoms with Gasteiger partial charge in [0.15, 0.2) is 0 Å². The minimum absolute atomic E-state index is 0.0203. The monoisotopic (exact) mass is 289 g/mol. The van der Waals surface area contributed by atoms with Gasteiger partial charge in [0.1, 0.15) is 5.82 Å². The zero-order chi connectivity index (χ0) is 12.4. The van der Waals surface area contributed by atoms with Crippen molar-refractivity contribution < 1.29 is 4.39 Å². The summed E-state index contributed by atoms with van der Waals surface area (Å²) in [5, 5.41) is 3.18. The highest BCUT2D eigenvalue weighted by Crippen LogP contribution is 2.36. The van der Waals surface area contributed by atoms with E-state index in [1.165, 1.54) is 23.5 Å². The SMILES string of the molecule is CC(Nc1cccc(F)c1)c1cc(Cl)sc1Cl. The first kappa shape index (κ1) is 12.7. The van der Waals surface area contributed by atoms with Crippen LogP contribution < -0.4 is 5.32 Å². The molecular formula is C12H10Cl2FNS. The molecule has 0 bridgehead atoms. The Balaban J connectivity index is 2.16. The average molecular weight is 290 g/mol. The van der Waals surface area contributed by atoms with E-state index in [2.05, 4.69) is 5.32 Å². The fourth-order valence-electron chi connectivity index (χ4n) is 1.55. The highest BCUT2D eigenvalue weighted by molar-refractivity contribution is 7.20. The fraction of sp³-hybridized carbons (Fsp3) is 0.167. The smallest absolute Gasteiger partial charge is 0.125 e. The van der Waals surface area contributed by atoms with Gasteiger partial charge in [-0.1, -0.05) is 29.3 Å². The van der Waals surface area contributed by atoms with Crippen molar-refractivity contribution in [1.29, 1.82) is 0 Å². The van der Waals surface area contributed by atoms with E-state index in [-0.39, 0.29) is 11.9 Å². The van der Waals surface area contributed by atoms with Gasteiger partial charge in [-0.2, -0.15) is 0 Å². The molecule has 17 heavy (non-hydrogen) atoms. The molecule has 90 valence electrons. The van der Waals surface area contributed by atoms with Gasteiger partial charge in [-0.05, 0) is 31.2 Å². The average Bonchev–Trinajstić information content (AvgIpc) is 2.58. The van der Waals surface area contributed by atoms with Gasteiger partial charge < -0.3 is 5.32 Å². The Morgan fingerprint density at radius 1 is 1.29 bits per heavy atom. The van der Waals surface area contributed by atoms with E-state index in [9.17, 15) is 4.39 Å². The molecule has 5 heteroatoms. The zero-order valence-corrected chi connectivity index (χ0v) is 11.3. The van der Waals surface area contributed by atoms with Gasteiger partial charge in [-0.3, -0.25) is 0 Å². The van der Waals surface area contributed by atoms with Crippen LogP contribution in [0.4, 0.5) is 10.1 Å². The van der Waals surface area contributed by atoms with Gasteiger partial charge in [0, 0.05) is 11.3 Å². The summed E-state index contributed by atoms with van der Waals surface area (Å²) < 4.78 is 14.3. The Bertz CT molecular complexity index is 527. The second-order valence-corrected chi connectivity index (χ2v) is 5.94. The van der Waals surface area contributed by atoms with Crippen LogP contribution in [0.25, 0.3) is 0 Å². The lowest BCUT2D eigenvalue weighted by Crippen LogP contribution is -2.06. The number of halogens is 3. The Labute approximate surface area is 113 Å². The Hall–Kier alpha value is -0.770. The molecule has 0 amide bonds. The Morgan fingerprint density at radius 3 is 2.65 bits per heavy atom. The maximum Gasteiger partial charge on any atom is 0.125 e. The minimum Gasteiger partial charge on any atom is -0.378 e. The summed E-state index contributed by atoms with van der Waals surface area (Å²) in [6, 6.07) is 8.12. The summed E-state index contributed by atoms with van der Waals surface area (Å²) in [5.74, 6) is -0.267. The van der Waals surface area contributed by atoms with Gasteiger partial charge in [0.25, 0.3) is 0 Å². The molecule has 1 atom stereocenters. The van der Waals surface area contributed by atoms with Crippen molar-refractivity contribution in [2.75, 3.05) is 5.32 Å². The van der Waals surface area contributed by atoms with E-state index in [1.807, 2.05) is 19.1 Å². The molecule has 0 aliphatic rings. The minimum atomic E-state index is -0.267. The summed E-state index contributed by atoms with van der Waals surface area (Å²) in [6.45, 7) is 1.95. The molecule has 1 N–H and O–H groups in total. The van der Waals surface area contributed by atoms with Crippen LogP contribution in [-0.4, -0.2) is 0 Å². The van der Waals surface area contributed by atoms with Crippen LogP contribution in [0.2, 0.25) is 8.67 Å². The molecule has 0 spiro atoms. The third kappa shape index (κ3) is 3.12. The maximum atomic E-state index is 13.0. The van der Waals surface area contributed by atoms with Crippen molar-refractivity contribution in [3.63, 3.8) is 0 Å². The molecular weight excluding hydrogens is 280 g/mol. The lowest BCUT2D eigenvalue weighted by atomic mass is 10.1. The molecule has 0 fully saturated rings. The number of anilines is 1. The van der Waals surface area contributed by atoms with Crippen LogP contribution >= 0.6 is 34.5 Å². The second-order valence-electron chi connectivity index (χ2n) is 3.66. The first-order valence-electron chi connectivity index (χ1n) is 5.03. The highest BCUT2D eigenvalue weighted by Gasteiger charge is 2.13. The van der Waals surface area contributed by atoms with Crippen LogP contribution in [0.5, 0.6) is 0 Å². The van der Waals surface area contributed by atoms with Gasteiger partial charge in [-0.25, -0.2) is 4.39 Å². The van der Waals surface area contributed by atoms with Crippen molar-refractivity contribution in [1.82, 2.24) is 0 Å². The molecule has 0 saturated carbocycles. The number of hydrogen-bond acceptors (Lipinski definition) is 2. The molecule has 1 unspecified atom stereocenters. The predicted molar refractivity (Wildman–Crippen MR) is 72.8 cm³/mol. The molecule has 1 aromatic carbocycles. The molecule has 0 saturated heterocycles. The van der Waals surface area contributed by atoms with E-state index in [1.54, 1.807) is 6.07 Å². The van der Waals surface area contributed by atoms with Crippen molar-refractivity contribution >= 4 is 40.2 Å². The van der Waals surface area contributed by atoms with E-state index < -0.39 is 0 Å². The highest BCUT2D eigenvalue weighted by atomic mass is 35.5. The van der Waals surface area contributed by atoms with E-state index >= 15 is 0 Å². The van der Waals surface area contributed by atoms with Crippen molar-refractivity contribution in [2.24, 2.45) is 0 Å². The Kier molecular flexibility index (Phi) is 3.92. The molecule has 0 aliphatic heterocycles. The molecule has 1 heterocycles. The summed E-state index contributed by atoms with van der Waals surface area (Å²) in [5.41, 5.74) is 1.64. The standard InChI is InChI=1S/C12H10Cl2FNS/c1-7(10-6-11(13)17-12(10)14)16-9-4-2-3-8(15)5-9/h2-7,16H,1H3. The zero-order valence-electron chi connectivity index (χ0n) is 9.01. The lowest BCUT2D eigenvalue weighted by Gasteiger charge is -2.14. The first-order valence-corrected chi connectivity index (χ1v) is 6.60. The number of hydrogen-bond donors (Lipinski definition) is 1. The second kappa shape index (κ2) is 5.25. The fourth-order valence-corrected chi connectivity index (χ4v) is 3.20. The normalized spacial score (nSPS) is 12.5. The van der Waals surface area contributed by atoms with Crippen molar-refractivity contribution in [2.45, 2.75) is 13.0 Å². The molecule has 2 aromatic rings.